The predicted molar refractivity (Wildman–Crippen MR) is 34.1 cm³/mol. The molecule has 0 bridgehead atoms. The predicted octanol–water partition coefficient (Wildman–Crippen LogP) is -0.278. The lowest BCUT2D eigenvalue weighted by Crippen LogP contribution is -2.11. The first-order valence-corrected chi connectivity index (χ1v) is 2.81. The second-order valence-electron chi connectivity index (χ2n) is 1.16. The van der Waals surface area contributed by atoms with E-state index in [0.29, 0.717) is 5.82 Å². The first-order chi connectivity index (χ1) is 4.29. The van der Waals surface area contributed by atoms with E-state index < -0.39 is 0 Å². The molecule has 0 saturated heterocycles. The first kappa shape index (κ1) is 7.87. The Kier molecular flexibility index (Phi) is 3.34. The molecule has 0 unspecified atom stereocenters. The maximum absolute atomic E-state index is 5.01. The maximum atomic E-state index is 5.01. The van der Waals surface area contributed by atoms with Crippen molar-refractivity contribution in [2.24, 2.45) is 0 Å². The van der Waals surface area contributed by atoms with Crippen LogP contribution in [-0.2, 0) is 0 Å². The molecule has 0 fully saturated rings. The third kappa shape index (κ3) is 2.63. The van der Waals surface area contributed by atoms with E-state index in [0.717, 1.165) is 4.91 Å². The average molecular weight is 129 g/mol. The largest absolute Gasteiger partial charge is 0.304 e. The molecule has 1 aromatic rings. The molecule has 0 saturated carbocycles. The second kappa shape index (κ2) is 3.82. The lowest BCUT2D eigenvalue weighted by Gasteiger charge is -1.74. The van der Waals surface area contributed by atoms with Crippen LogP contribution in [0.15, 0.2) is 0 Å². The molecular formula is C4H11N5. The van der Waals surface area contributed by atoms with Gasteiger partial charge in [0.25, 0.3) is 0 Å². The van der Waals surface area contributed by atoms with Crippen LogP contribution in [0.3, 0.4) is 0 Å². The minimum atomic E-state index is 0.586. The van der Waals surface area contributed by atoms with Crippen molar-refractivity contribution >= 4 is 0 Å². The summed E-state index contributed by atoms with van der Waals surface area (Å²) in [5, 5.41) is 10.4. The molecule has 0 atom stereocenters. The van der Waals surface area contributed by atoms with E-state index in [1.54, 1.807) is 6.92 Å². The van der Waals surface area contributed by atoms with Crippen LogP contribution in [0.1, 0.15) is 19.7 Å². The number of nitrogens with zero attached hydrogens (tertiary/aromatic N) is 4. The molecular weight excluding hydrogens is 118 g/mol. The number of aryl methyl sites for hydroxylation is 1. The zero-order valence-electron chi connectivity index (χ0n) is 5.87. The lowest BCUT2D eigenvalue weighted by molar-refractivity contribution is 0.678. The first-order valence-electron chi connectivity index (χ1n) is 2.81. The summed E-state index contributed by atoms with van der Waals surface area (Å²) >= 11 is 0. The van der Waals surface area contributed by atoms with E-state index in [1.807, 2.05) is 13.8 Å². The number of hydrogen-bond acceptors (Lipinski definition) is 4. The molecule has 2 N–H and O–H groups in total. The lowest BCUT2D eigenvalue weighted by atomic mass is 10.8. The summed E-state index contributed by atoms with van der Waals surface area (Å²) in [7, 11) is 0. The van der Waals surface area contributed by atoms with Crippen molar-refractivity contribution < 1.29 is 0 Å². The third-order valence-electron chi connectivity index (χ3n) is 0.528. The standard InChI is InChI=1S/C2H5N5.C2H6/c1-2-4-6-7(3)5-2;1-2/h3H2,1H3;1-2H3. The normalized spacial score (nSPS) is 7.89. The van der Waals surface area contributed by atoms with Gasteiger partial charge in [-0.25, -0.2) is 0 Å². The van der Waals surface area contributed by atoms with Crippen molar-refractivity contribution in [2.45, 2.75) is 20.8 Å². The summed E-state index contributed by atoms with van der Waals surface area (Å²) in [6.07, 6.45) is 0. The summed E-state index contributed by atoms with van der Waals surface area (Å²) in [6, 6.07) is 0. The molecule has 52 valence electrons. The summed E-state index contributed by atoms with van der Waals surface area (Å²) < 4.78 is 0. The van der Waals surface area contributed by atoms with Gasteiger partial charge in [0.15, 0.2) is 5.82 Å². The van der Waals surface area contributed by atoms with Gasteiger partial charge in [0.1, 0.15) is 0 Å². The molecule has 0 spiro atoms. The fourth-order valence-electron chi connectivity index (χ4n) is 0.299. The summed E-state index contributed by atoms with van der Waals surface area (Å²) in [5.74, 6) is 5.60. The number of tetrazole rings is 1. The van der Waals surface area contributed by atoms with E-state index in [1.165, 1.54) is 0 Å². The topological polar surface area (TPSA) is 69.6 Å². The van der Waals surface area contributed by atoms with Crippen molar-refractivity contribution in [1.82, 2.24) is 20.3 Å². The van der Waals surface area contributed by atoms with Crippen molar-refractivity contribution in [3.63, 3.8) is 0 Å². The minimum absolute atomic E-state index is 0.586. The van der Waals surface area contributed by atoms with Crippen LogP contribution in [0.4, 0.5) is 0 Å². The van der Waals surface area contributed by atoms with E-state index in [-0.39, 0.29) is 0 Å². The van der Waals surface area contributed by atoms with E-state index in [4.69, 9.17) is 5.84 Å². The molecule has 0 amide bonds. The number of rotatable bonds is 0. The van der Waals surface area contributed by atoms with Gasteiger partial charge in [-0.1, -0.05) is 18.8 Å². The van der Waals surface area contributed by atoms with Crippen LogP contribution >= 0.6 is 0 Å². The Hall–Kier alpha value is -1.13. The highest BCUT2D eigenvalue weighted by Gasteiger charge is 1.86. The van der Waals surface area contributed by atoms with Gasteiger partial charge in [-0.05, 0) is 12.1 Å². The van der Waals surface area contributed by atoms with Crippen molar-refractivity contribution in [3.8, 4) is 0 Å². The second-order valence-corrected chi connectivity index (χ2v) is 1.16. The van der Waals surface area contributed by atoms with Crippen LogP contribution in [0.5, 0.6) is 0 Å². The molecule has 0 aliphatic rings. The molecule has 0 aromatic carbocycles. The van der Waals surface area contributed by atoms with Crippen molar-refractivity contribution in [1.29, 1.82) is 0 Å². The minimum Gasteiger partial charge on any atom is -0.304 e. The number of nitrogen functional groups attached to an aromatic ring is 1. The van der Waals surface area contributed by atoms with Crippen LogP contribution < -0.4 is 5.84 Å². The monoisotopic (exact) mass is 129 g/mol. The van der Waals surface area contributed by atoms with Crippen LogP contribution in [0, 0.1) is 6.92 Å². The average Bonchev–Trinajstić information content (AvgIpc) is 2.20. The Morgan fingerprint density at radius 1 is 1.44 bits per heavy atom. The zero-order chi connectivity index (χ0) is 7.28. The van der Waals surface area contributed by atoms with Gasteiger partial charge in [0.2, 0.25) is 0 Å². The molecule has 1 heterocycles. The molecule has 1 aromatic heterocycles. The Morgan fingerprint density at radius 2 is 2.00 bits per heavy atom. The number of nitrogens with two attached hydrogens (primary N) is 1. The van der Waals surface area contributed by atoms with Crippen molar-refractivity contribution in [3.05, 3.63) is 5.82 Å². The summed E-state index contributed by atoms with van der Waals surface area (Å²) in [4.78, 5) is 0.926. The van der Waals surface area contributed by atoms with Gasteiger partial charge in [-0.2, -0.15) is 0 Å². The molecule has 0 aliphatic heterocycles. The van der Waals surface area contributed by atoms with Crippen LogP contribution in [0.25, 0.3) is 0 Å². The smallest absolute Gasteiger partial charge is 0.173 e. The van der Waals surface area contributed by atoms with Gasteiger partial charge < -0.3 is 5.84 Å². The SMILES string of the molecule is CC.Cc1nnn(N)n1. The quantitative estimate of drug-likeness (QED) is 0.489. The highest BCUT2D eigenvalue weighted by Crippen LogP contribution is 1.72. The van der Waals surface area contributed by atoms with Gasteiger partial charge in [0.05, 0.1) is 0 Å². The van der Waals surface area contributed by atoms with E-state index >= 15 is 0 Å². The molecule has 9 heavy (non-hydrogen) atoms. The fourth-order valence-corrected chi connectivity index (χ4v) is 0.299. The molecule has 5 nitrogen and oxygen atoms in total. The highest BCUT2D eigenvalue weighted by atomic mass is 15.7. The van der Waals surface area contributed by atoms with E-state index in [9.17, 15) is 0 Å². The Labute approximate surface area is 53.8 Å². The van der Waals surface area contributed by atoms with Gasteiger partial charge >= 0.3 is 0 Å². The summed E-state index contributed by atoms with van der Waals surface area (Å²) in [6.45, 7) is 5.72. The van der Waals surface area contributed by atoms with Crippen LogP contribution in [-0.4, -0.2) is 20.3 Å². The maximum Gasteiger partial charge on any atom is 0.173 e. The Bertz CT molecular complexity index is 141. The molecule has 1 rings (SSSR count). The number of hydrogen-bond donors (Lipinski definition) is 1. The van der Waals surface area contributed by atoms with Gasteiger partial charge in [0, 0.05) is 0 Å². The molecule has 0 radical (unpaired) electrons. The molecule has 0 aliphatic carbocycles. The Balaban J connectivity index is 0.000000291. The van der Waals surface area contributed by atoms with Crippen molar-refractivity contribution in [2.75, 3.05) is 5.84 Å². The Morgan fingerprint density at radius 3 is 2.11 bits per heavy atom. The van der Waals surface area contributed by atoms with Gasteiger partial charge in [-0.15, -0.1) is 10.2 Å². The van der Waals surface area contributed by atoms with Gasteiger partial charge in [-0.3, -0.25) is 0 Å². The third-order valence-corrected chi connectivity index (χ3v) is 0.528. The fraction of sp³-hybridized carbons (Fsp3) is 0.750. The van der Waals surface area contributed by atoms with Crippen LogP contribution in [0.2, 0.25) is 0 Å². The number of aromatic nitrogens is 4. The summed E-state index contributed by atoms with van der Waals surface area (Å²) in [5.41, 5.74) is 0. The van der Waals surface area contributed by atoms with E-state index in [2.05, 4.69) is 15.4 Å². The zero-order valence-corrected chi connectivity index (χ0v) is 5.87. The highest BCUT2D eigenvalue weighted by molar-refractivity contribution is 4.65. The molecule has 5 heteroatoms.